The fourth-order valence-corrected chi connectivity index (χ4v) is 2.54. The Morgan fingerprint density at radius 1 is 1.44 bits per heavy atom. The van der Waals surface area contributed by atoms with Crippen LogP contribution in [0.3, 0.4) is 0 Å². The third-order valence-electron chi connectivity index (χ3n) is 3.45. The molecule has 1 heterocycles. The molecule has 4 nitrogen and oxygen atoms in total. The molecule has 1 aliphatic heterocycles. The first kappa shape index (κ1) is 13.7. The molecule has 1 atom stereocenters. The van der Waals surface area contributed by atoms with Gasteiger partial charge in [0.2, 0.25) is 5.91 Å². The van der Waals surface area contributed by atoms with Gasteiger partial charge in [-0.3, -0.25) is 4.79 Å². The van der Waals surface area contributed by atoms with E-state index in [0.29, 0.717) is 19.7 Å². The molecular weight excluding hydrogens is 228 g/mol. The first-order chi connectivity index (χ1) is 7.12. The molecule has 1 saturated heterocycles. The monoisotopic (exact) mass is 248 g/mol. The van der Waals surface area contributed by atoms with E-state index in [1.165, 1.54) is 0 Å². The van der Waals surface area contributed by atoms with Crippen LogP contribution in [0.4, 0.5) is 0 Å². The fourth-order valence-electron chi connectivity index (χ4n) is 2.54. The van der Waals surface area contributed by atoms with Crippen molar-refractivity contribution in [2.45, 2.75) is 44.2 Å². The van der Waals surface area contributed by atoms with Crippen LogP contribution in [0.1, 0.15) is 32.6 Å². The van der Waals surface area contributed by atoms with Crippen LogP contribution >= 0.6 is 12.4 Å². The second-order valence-electron chi connectivity index (χ2n) is 4.80. The predicted octanol–water partition coefficient (Wildman–Crippen LogP) is 0.927. The zero-order chi connectivity index (χ0) is 10.9. The van der Waals surface area contributed by atoms with Crippen LogP contribution in [0.25, 0.3) is 0 Å². The number of rotatable bonds is 1. The molecule has 2 fully saturated rings. The Bertz CT molecular complexity index is 254. The first-order valence-electron chi connectivity index (χ1n) is 5.82. The van der Waals surface area contributed by atoms with Crippen molar-refractivity contribution in [3.05, 3.63) is 0 Å². The minimum Gasteiger partial charge on any atom is -0.375 e. The van der Waals surface area contributed by atoms with Crippen LogP contribution in [-0.2, 0) is 9.53 Å². The van der Waals surface area contributed by atoms with Crippen LogP contribution in [0.2, 0.25) is 0 Å². The van der Waals surface area contributed by atoms with Gasteiger partial charge in [0, 0.05) is 13.1 Å². The van der Waals surface area contributed by atoms with E-state index in [2.05, 4.69) is 0 Å². The van der Waals surface area contributed by atoms with Crippen molar-refractivity contribution in [1.82, 2.24) is 4.90 Å². The second-order valence-corrected chi connectivity index (χ2v) is 4.80. The van der Waals surface area contributed by atoms with E-state index in [1.807, 2.05) is 11.8 Å². The smallest absolute Gasteiger partial charge is 0.242 e. The molecule has 94 valence electrons. The molecule has 1 saturated carbocycles. The van der Waals surface area contributed by atoms with E-state index in [4.69, 9.17) is 10.5 Å². The summed E-state index contributed by atoms with van der Waals surface area (Å²) < 4.78 is 5.42. The molecule has 2 rings (SSSR count). The van der Waals surface area contributed by atoms with Gasteiger partial charge in [-0.15, -0.1) is 12.4 Å². The van der Waals surface area contributed by atoms with Crippen LogP contribution in [0.15, 0.2) is 0 Å². The lowest BCUT2D eigenvalue weighted by Crippen LogP contribution is -2.57. The van der Waals surface area contributed by atoms with Gasteiger partial charge in [-0.2, -0.15) is 0 Å². The maximum absolute atomic E-state index is 12.2. The average Bonchev–Trinajstić information content (AvgIpc) is 2.65. The van der Waals surface area contributed by atoms with Gasteiger partial charge in [-0.1, -0.05) is 12.8 Å². The third-order valence-corrected chi connectivity index (χ3v) is 3.45. The van der Waals surface area contributed by atoms with Crippen molar-refractivity contribution < 1.29 is 9.53 Å². The number of amides is 1. The zero-order valence-electron chi connectivity index (χ0n) is 9.78. The highest BCUT2D eigenvalue weighted by Gasteiger charge is 2.40. The summed E-state index contributed by atoms with van der Waals surface area (Å²) in [6, 6.07) is 0. The highest BCUT2D eigenvalue weighted by Crippen LogP contribution is 2.29. The van der Waals surface area contributed by atoms with Gasteiger partial charge in [0.25, 0.3) is 0 Å². The summed E-state index contributed by atoms with van der Waals surface area (Å²) in [6.07, 6.45) is 4.01. The summed E-state index contributed by atoms with van der Waals surface area (Å²) in [7, 11) is 0. The molecule has 2 N–H and O–H groups in total. The predicted molar refractivity (Wildman–Crippen MR) is 64.6 cm³/mol. The number of hydrogen-bond acceptors (Lipinski definition) is 3. The Balaban J connectivity index is 0.00000128. The van der Waals surface area contributed by atoms with Gasteiger partial charge in [0.05, 0.1) is 18.2 Å². The van der Waals surface area contributed by atoms with E-state index in [1.54, 1.807) is 0 Å². The van der Waals surface area contributed by atoms with E-state index in [0.717, 1.165) is 25.7 Å². The third kappa shape index (κ3) is 2.67. The van der Waals surface area contributed by atoms with Crippen LogP contribution < -0.4 is 5.73 Å². The normalized spacial score (nSPS) is 28.6. The van der Waals surface area contributed by atoms with Crippen molar-refractivity contribution in [1.29, 1.82) is 0 Å². The molecule has 0 aromatic carbocycles. The summed E-state index contributed by atoms with van der Waals surface area (Å²) in [6.45, 7) is 4.03. The van der Waals surface area contributed by atoms with Crippen molar-refractivity contribution in [2.75, 3.05) is 19.7 Å². The van der Waals surface area contributed by atoms with Gasteiger partial charge in [0.15, 0.2) is 0 Å². The van der Waals surface area contributed by atoms with Crippen molar-refractivity contribution >= 4 is 18.3 Å². The van der Waals surface area contributed by atoms with E-state index in [9.17, 15) is 4.79 Å². The summed E-state index contributed by atoms with van der Waals surface area (Å²) in [4.78, 5) is 14.1. The van der Waals surface area contributed by atoms with E-state index >= 15 is 0 Å². The Morgan fingerprint density at radius 2 is 2.06 bits per heavy atom. The molecular formula is C11H21ClN2O2. The summed E-state index contributed by atoms with van der Waals surface area (Å²) in [5, 5.41) is 0. The number of halogens is 1. The minimum atomic E-state index is -0.572. The highest BCUT2D eigenvalue weighted by molar-refractivity contribution is 5.86. The summed E-state index contributed by atoms with van der Waals surface area (Å²) in [5.74, 6) is 0.134. The second kappa shape index (κ2) is 5.34. The lowest BCUT2D eigenvalue weighted by atomic mass is 9.97. The zero-order valence-corrected chi connectivity index (χ0v) is 10.6. The highest BCUT2D eigenvalue weighted by atomic mass is 35.5. The average molecular weight is 249 g/mol. The van der Waals surface area contributed by atoms with Crippen molar-refractivity contribution in [3.63, 3.8) is 0 Å². The van der Waals surface area contributed by atoms with Crippen molar-refractivity contribution in [3.8, 4) is 0 Å². The fraction of sp³-hybridized carbons (Fsp3) is 0.909. The topological polar surface area (TPSA) is 55.6 Å². The lowest BCUT2D eigenvalue weighted by molar-refractivity contribution is -0.143. The lowest BCUT2D eigenvalue weighted by Gasteiger charge is -2.36. The molecule has 5 heteroatoms. The van der Waals surface area contributed by atoms with E-state index in [-0.39, 0.29) is 24.4 Å². The SMILES string of the molecule is CC1CN(C(=O)C2(N)CCCC2)CCO1.Cl. The number of ether oxygens (including phenoxy) is 1. The number of nitrogens with two attached hydrogens (primary N) is 1. The van der Waals surface area contributed by atoms with E-state index < -0.39 is 5.54 Å². The first-order valence-corrected chi connectivity index (χ1v) is 5.82. The molecule has 1 unspecified atom stereocenters. The summed E-state index contributed by atoms with van der Waals surface area (Å²) in [5.41, 5.74) is 5.57. The van der Waals surface area contributed by atoms with Gasteiger partial charge in [-0.25, -0.2) is 0 Å². The summed E-state index contributed by atoms with van der Waals surface area (Å²) >= 11 is 0. The molecule has 0 spiro atoms. The largest absolute Gasteiger partial charge is 0.375 e. The Labute approximate surface area is 103 Å². The van der Waals surface area contributed by atoms with Gasteiger partial charge >= 0.3 is 0 Å². The number of hydrogen-bond donors (Lipinski definition) is 1. The van der Waals surface area contributed by atoms with Gasteiger partial charge in [0.1, 0.15) is 0 Å². The minimum absolute atomic E-state index is 0. The number of morpholine rings is 1. The molecule has 1 amide bonds. The Morgan fingerprint density at radius 3 is 2.62 bits per heavy atom. The molecule has 2 aliphatic rings. The van der Waals surface area contributed by atoms with Gasteiger partial charge < -0.3 is 15.4 Å². The number of carbonyl (C=O) groups is 1. The molecule has 0 bridgehead atoms. The van der Waals surface area contributed by atoms with Crippen molar-refractivity contribution in [2.24, 2.45) is 5.73 Å². The molecule has 0 radical (unpaired) electrons. The maximum Gasteiger partial charge on any atom is 0.242 e. The van der Waals surface area contributed by atoms with Gasteiger partial charge in [-0.05, 0) is 19.8 Å². The molecule has 0 aromatic rings. The number of carbonyl (C=O) groups excluding carboxylic acids is 1. The standard InChI is InChI=1S/C11H20N2O2.ClH/c1-9-8-13(6-7-15-9)10(14)11(12)4-2-3-5-11;/h9H,2-8,12H2,1H3;1H. The molecule has 1 aliphatic carbocycles. The molecule has 16 heavy (non-hydrogen) atoms. The van der Waals surface area contributed by atoms with Crippen LogP contribution in [0.5, 0.6) is 0 Å². The number of nitrogens with zero attached hydrogens (tertiary/aromatic N) is 1. The van der Waals surface area contributed by atoms with Crippen LogP contribution in [-0.4, -0.2) is 42.1 Å². The van der Waals surface area contributed by atoms with Crippen LogP contribution in [0, 0.1) is 0 Å². The molecule has 0 aromatic heterocycles. The Hall–Kier alpha value is -0.320. The Kier molecular flexibility index (Phi) is 4.59. The quantitative estimate of drug-likeness (QED) is 0.751. The maximum atomic E-state index is 12.2.